The Kier molecular flexibility index (Phi) is 8.34. The van der Waals surface area contributed by atoms with Crippen LogP contribution in [0.5, 0.6) is 0 Å². The SMILES string of the molecule is COCCN(CCC(=O)OC)C(=O)CCc1ccc(Cl)s1. The van der Waals surface area contributed by atoms with Gasteiger partial charge in [-0.3, -0.25) is 9.59 Å². The summed E-state index contributed by atoms with van der Waals surface area (Å²) in [7, 11) is 2.92. The minimum atomic E-state index is -0.324. The zero-order valence-corrected chi connectivity index (χ0v) is 13.8. The molecule has 0 spiro atoms. The third-order valence-electron chi connectivity index (χ3n) is 2.95. The molecule has 0 aliphatic heterocycles. The maximum atomic E-state index is 12.2. The van der Waals surface area contributed by atoms with E-state index in [0.717, 1.165) is 9.21 Å². The van der Waals surface area contributed by atoms with Gasteiger partial charge in [-0.2, -0.15) is 0 Å². The number of carbonyl (C=O) groups is 2. The molecular formula is C14H20ClNO4S. The summed E-state index contributed by atoms with van der Waals surface area (Å²) in [6, 6.07) is 3.75. The number of hydrogen-bond donors (Lipinski definition) is 0. The molecule has 0 fully saturated rings. The number of esters is 1. The number of carbonyl (C=O) groups excluding carboxylic acids is 2. The van der Waals surface area contributed by atoms with Gasteiger partial charge in [0, 0.05) is 31.5 Å². The lowest BCUT2D eigenvalue weighted by atomic mass is 10.2. The van der Waals surface area contributed by atoms with Gasteiger partial charge < -0.3 is 14.4 Å². The average molecular weight is 334 g/mol. The molecule has 0 unspecified atom stereocenters. The topological polar surface area (TPSA) is 55.8 Å². The van der Waals surface area contributed by atoms with Crippen LogP contribution in [0.1, 0.15) is 17.7 Å². The van der Waals surface area contributed by atoms with Crippen molar-refractivity contribution in [2.45, 2.75) is 19.3 Å². The first kappa shape index (κ1) is 17.9. The third-order valence-corrected chi connectivity index (χ3v) is 4.24. The van der Waals surface area contributed by atoms with Crippen LogP contribution in [-0.4, -0.2) is 50.7 Å². The molecule has 21 heavy (non-hydrogen) atoms. The van der Waals surface area contributed by atoms with Crippen LogP contribution in [0.3, 0.4) is 0 Å². The van der Waals surface area contributed by atoms with Crippen LogP contribution in [0.25, 0.3) is 0 Å². The van der Waals surface area contributed by atoms with Crippen LogP contribution >= 0.6 is 22.9 Å². The van der Waals surface area contributed by atoms with Crippen LogP contribution in [0.4, 0.5) is 0 Å². The predicted octanol–water partition coefficient (Wildman–Crippen LogP) is 2.37. The van der Waals surface area contributed by atoms with Crippen molar-refractivity contribution in [3.05, 3.63) is 21.3 Å². The monoisotopic (exact) mass is 333 g/mol. The van der Waals surface area contributed by atoms with E-state index in [-0.39, 0.29) is 18.3 Å². The summed E-state index contributed by atoms with van der Waals surface area (Å²) < 4.78 is 10.3. The van der Waals surface area contributed by atoms with Crippen molar-refractivity contribution in [2.75, 3.05) is 33.9 Å². The number of ether oxygens (including phenoxy) is 2. The number of amides is 1. The maximum Gasteiger partial charge on any atom is 0.307 e. The van der Waals surface area contributed by atoms with E-state index in [1.54, 1.807) is 12.0 Å². The summed E-state index contributed by atoms with van der Waals surface area (Å²) in [5.74, 6) is -0.323. The predicted molar refractivity (Wildman–Crippen MR) is 82.7 cm³/mol. The Morgan fingerprint density at radius 2 is 2.00 bits per heavy atom. The van der Waals surface area contributed by atoms with E-state index in [2.05, 4.69) is 4.74 Å². The molecular weight excluding hydrogens is 314 g/mol. The largest absolute Gasteiger partial charge is 0.469 e. The van der Waals surface area contributed by atoms with Gasteiger partial charge in [0.2, 0.25) is 5.91 Å². The molecule has 0 atom stereocenters. The number of halogens is 1. The Bertz CT molecular complexity index is 464. The molecule has 0 aliphatic rings. The zero-order chi connectivity index (χ0) is 15.7. The second kappa shape index (κ2) is 9.76. The molecule has 0 saturated carbocycles. The number of hydrogen-bond acceptors (Lipinski definition) is 5. The Hall–Kier alpha value is -1.11. The van der Waals surface area contributed by atoms with E-state index in [1.807, 2.05) is 12.1 Å². The first-order valence-corrected chi connectivity index (χ1v) is 7.84. The number of methoxy groups -OCH3 is 2. The van der Waals surface area contributed by atoms with Gasteiger partial charge in [-0.25, -0.2) is 0 Å². The average Bonchev–Trinajstić information content (AvgIpc) is 2.90. The smallest absolute Gasteiger partial charge is 0.307 e. The summed E-state index contributed by atoms with van der Waals surface area (Å²) >= 11 is 7.34. The van der Waals surface area contributed by atoms with Gasteiger partial charge in [0.25, 0.3) is 0 Å². The molecule has 1 aromatic heterocycles. The first-order valence-electron chi connectivity index (χ1n) is 6.64. The molecule has 0 N–H and O–H groups in total. The lowest BCUT2D eigenvalue weighted by Crippen LogP contribution is -2.35. The molecule has 0 radical (unpaired) electrons. The fourth-order valence-corrected chi connectivity index (χ4v) is 2.85. The molecule has 0 saturated heterocycles. The molecule has 1 heterocycles. The lowest BCUT2D eigenvalue weighted by Gasteiger charge is -2.21. The number of rotatable bonds is 9. The fraction of sp³-hybridized carbons (Fsp3) is 0.571. The minimum absolute atomic E-state index is 0.000440. The maximum absolute atomic E-state index is 12.2. The van der Waals surface area contributed by atoms with E-state index in [4.69, 9.17) is 16.3 Å². The minimum Gasteiger partial charge on any atom is -0.469 e. The van der Waals surface area contributed by atoms with Gasteiger partial charge in [0.15, 0.2) is 0 Å². The van der Waals surface area contributed by atoms with Crippen LogP contribution < -0.4 is 0 Å². The van der Waals surface area contributed by atoms with Crippen molar-refractivity contribution in [2.24, 2.45) is 0 Å². The van der Waals surface area contributed by atoms with Crippen molar-refractivity contribution >= 4 is 34.8 Å². The highest BCUT2D eigenvalue weighted by Crippen LogP contribution is 2.22. The second-order valence-electron chi connectivity index (χ2n) is 4.41. The first-order chi connectivity index (χ1) is 10.1. The Labute approximate surface area is 133 Å². The highest BCUT2D eigenvalue weighted by atomic mass is 35.5. The van der Waals surface area contributed by atoms with Gasteiger partial charge in [-0.15, -0.1) is 11.3 Å². The summed E-state index contributed by atoms with van der Waals surface area (Å²) in [6.45, 7) is 1.26. The summed E-state index contributed by atoms with van der Waals surface area (Å²) in [6.07, 6.45) is 1.23. The standard InChI is InChI=1S/C14H20ClNO4S/c1-19-10-9-16(8-7-14(18)20-2)13(17)6-4-11-3-5-12(15)21-11/h3,5H,4,6-10H2,1-2H3. The molecule has 1 aromatic rings. The van der Waals surface area contributed by atoms with Crippen LogP contribution in [0.2, 0.25) is 4.34 Å². The Morgan fingerprint density at radius 3 is 2.57 bits per heavy atom. The molecule has 7 heteroatoms. The molecule has 118 valence electrons. The van der Waals surface area contributed by atoms with Gasteiger partial charge >= 0.3 is 5.97 Å². The van der Waals surface area contributed by atoms with Gasteiger partial charge in [0.1, 0.15) is 0 Å². The van der Waals surface area contributed by atoms with Crippen molar-refractivity contribution in [3.8, 4) is 0 Å². The van der Waals surface area contributed by atoms with Crippen molar-refractivity contribution in [1.29, 1.82) is 0 Å². The molecule has 0 aliphatic carbocycles. The zero-order valence-electron chi connectivity index (χ0n) is 12.3. The summed E-state index contributed by atoms with van der Waals surface area (Å²) in [5.41, 5.74) is 0. The van der Waals surface area contributed by atoms with Crippen molar-refractivity contribution in [1.82, 2.24) is 4.90 Å². The fourth-order valence-electron chi connectivity index (χ4n) is 1.77. The summed E-state index contributed by atoms with van der Waals surface area (Å²) in [4.78, 5) is 26.1. The molecule has 0 aromatic carbocycles. The Morgan fingerprint density at radius 1 is 1.24 bits per heavy atom. The Balaban J connectivity index is 2.47. The third kappa shape index (κ3) is 6.93. The van der Waals surface area contributed by atoms with Gasteiger partial charge in [-0.05, 0) is 18.6 Å². The highest BCUT2D eigenvalue weighted by molar-refractivity contribution is 7.16. The van der Waals surface area contributed by atoms with E-state index >= 15 is 0 Å². The quantitative estimate of drug-likeness (QED) is 0.651. The molecule has 1 amide bonds. The van der Waals surface area contributed by atoms with E-state index in [9.17, 15) is 9.59 Å². The van der Waals surface area contributed by atoms with E-state index in [1.165, 1.54) is 18.4 Å². The van der Waals surface area contributed by atoms with Crippen molar-refractivity contribution < 1.29 is 19.1 Å². The van der Waals surface area contributed by atoms with Crippen LogP contribution in [0.15, 0.2) is 12.1 Å². The van der Waals surface area contributed by atoms with Crippen LogP contribution in [-0.2, 0) is 25.5 Å². The second-order valence-corrected chi connectivity index (χ2v) is 6.21. The van der Waals surface area contributed by atoms with Crippen LogP contribution in [0, 0.1) is 0 Å². The van der Waals surface area contributed by atoms with E-state index in [0.29, 0.717) is 32.5 Å². The summed E-state index contributed by atoms with van der Waals surface area (Å²) in [5, 5.41) is 0. The van der Waals surface area contributed by atoms with Gasteiger partial charge in [-0.1, -0.05) is 11.6 Å². The van der Waals surface area contributed by atoms with E-state index < -0.39 is 0 Å². The normalized spacial score (nSPS) is 10.4. The van der Waals surface area contributed by atoms with Crippen molar-refractivity contribution in [3.63, 3.8) is 0 Å². The van der Waals surface area contributed by atoms with Gasteiger partial charge in [0.05, 0.1) is 24.5 Å². The molecule has 0 bridgehead atoms. The number of thiophene rings is 1. The molecule has 5 nitrogen and oxygen atoms in total. The lowest BCUT2D eigenvalue weighted by molar-refractivity contribution is -0.141. The highest BCUT2D eigenvalue weighted by Gasteiger charge is 2.15. The molecule has 1 rings (SSSR count). The number of nitrogens with zero attached hydrogens (tertiary/aromatic N) is 1. The number of aryl methyl sites for hydroxylation is 1.